The Hall–Kier alpha value is -1.31. The molecular weight excluding hydrogens is 222 g/mol. The van der Waals surface area contributed by atoms with E-state index in [9.17, 15) is 4.79 Å². The fourth-order valence-electron chi connectivity index (χ4n) is 2.73. The molecule has 1 unspecified atom stereocenters. The molecule has 0 bridgehead atoms. The summed E-state index contributed by atoms with van der Waals surface area (Å²) in [6.45, 7) is 9.03. The second-order valence-electron chi connectivity index (χ2n) is 6.22. The summed E-state index contributed by atoms with van der Waals surface area (Å²) in [7, 11) is 0. The van der Waals surface area contributed by atoms with E-state index in [1.807, 2.05) is 27.7 Å². The van der Waals surface area contributed by atoms with E-state index < -0.39 is 0 Å². The maximum atomic E-state index is 12.4. The van der Waals surface area contributed by atoms with Crippen LogP contribution in [-0.2, 0) is 11.2 Å². The van der Waals surface area contributed by atoms with Crippen LogP contribution in [0.25, 0.3) is 0 Å². The third-order valence-corrected chi connectivity index (χ3v) is 3.73. The van der Waals surface area contributed by atoms with Crippen LogP contribution in [0.2, 0.25) is 0 Å². The number of nitrogens with zero attached hydrogens (tertiary/aromatic N) is 1. The van der Waals surface area contributed by atoms with Crippen molar-refractivity contribution >= 4 is 11.5 Å². The Bertz CT molecular complexity index is 445. The van der Waals surface area contributed by atoms with Crippen LogP contribution in [0.4, 0.5) is 5.69 Å². The van der Waals surface area contributed by atoms with Crippen molar-refractivity contribution in [3.63, 3.8) is 0 Å². The fourth-order valence-corrected chi connectivity index (χ4v) is 2.73. The van der Waals surface area contributed by atoms with Crippen molar-refractivity contribution in [2.75, 3.05) is 11.4 Å². The molecule has 1 aromatic rings. The average Bonchev–Trinajstić information content (AvgIpc) is 2.35. The van der Waals surface area contributed by atoms with Gasteiger partial charge in [0.25, 0.3) is 0 Å². The zero-order chi connectivity index (χ0) is 13.3. The summed E-state index contributed by atoms with van der Waals surface area (Å²) in [4.78, 5) is 14.7. The van der Waals surface area contributed by atoms with Crippen molar-refractivity contribution in [1.29, 1.82) is 0 Å². The molecule has 1 atom stereocenters. The zero-order valence-electron chi connectivity index (χ0n) is 11.9. The van der Waals surface area contributed by atoms with Crippen LogP contribution in [0.15, 0.2) is 24.3 Å². The number of carbonyl (C=O) groups excluding carboxylic acids is 1. The van der Waals surface area contributed by atoms with Crippen molar-refractivity contribution in [3.8, 4) is 0 Å². The molecule has 0 spiro atoms. The van der Waals surface area contributed by atoms with Crippen LogP contribution >= 0.6 is 0 Å². The molecule has 1 aliphatic heterocycles. The predicted molar refractivity (Wildman–Crippen MR) is 76.0 cm³/mol. The molecule has 0 amide bonds. The Morgan fingerprint density at radius 2 is 1.94 bits per heavy atom. The summed E-state index contributed by atoms with van der Waals surface area (Å²) in [5, 5.41) is 0. The standard InChI is InChI=1S/C16H23NO/c1-12(15(18)16(2,3)4)17-11-7-9-13-8-5-6-10-14(13)17/h5-6,8,10,12H,7,9,11H2,1-4H3. The smallest absolute Gasteiger partial charge is 0.160 e. The molecule has 18 heavy (non-hydrogen) atoms. The Kier molecular flexibility index (Phi) is 3.47. The van der Waals surface area contributed by atoms with Crippen LogP contribution in [0, 0.1) is 5.41 Å². The van der Waals surface area contributed by atoms with Crippen molar-refractivity contribution in [1.82, 2.24) is 0 Å². The molecule has 0 saturated heterocycles. The first-order valence-corrected chi connectivity index (χ1v) is 6.80. The normalized spacial score (nSPS) is 17.2. The molecule has 98 valence electrons. The largest absolute Gasteiger partial charge is 0.362 e. The van der Waals surface area contributed by atoms with E-state index in [1.54, 1.807) is 0 Å². The molecule has 2 nitrogen and oxygen atoms in total. The number of hydrogen-bond acceptors (Lipinski definition) is 2. The van der Waals surface area contributed by atoms with Crippen LogP contribution in [0.5, 0.6) is 0 Å². The first kappa shape index (κ1) is 13.1. The van der Waals surface area contributed by atoms with Crippen LogP contribution < -0.4 is 4.90 Å². The maximum Gasteiger partial charge on any atom is 0.160 e. The highest BCUT2D eigenvalue weighted by molar-refractivity contribution is 5.91. The van der Waals surface area contributed by atoms with E-state index in [1.165, 1.54) is 11.3 Å². The Balaban J connectivity index is 2.28. The van der Waals surface area contributed by atoms with Gasteiger partial charge in [-0.15, -0.1) is 0 Å². The zero-order valence-corrected chi connectivity index (χ0v) is 11.9. The molecule has 1 heterocycles. The summed E-state index contributed by atoms with van der Waals surface area (Å²) in [5.41, 5.74) is 2.34. The number of para-hydroxylation sites is 1. The second kappa shape index (κ2) is 4.75. The predicted octanol–water partition coefficient (Wildman–Crippen LogP) is 3.44. The van der Waals surface area contributed by atoms with Crippen LogP contribution in [-0.4, -0.2) is 18.4 Å². The van der Waals surface area contributed by atoms with Gasteiger partial charge in [-0.25, -0.2) is 0 Å². The number of fused-ring (bicyclic) bond motifs is 1. The van der Waals surface area contributed by atoms with Crippen molar-refractivity contribution in [2.45, 2.75) is 46.6 Å². The van der Waals surface area contributed by atoms with Gasteiger partial charge in [0.2, 0.25) is 0 Å². The SMILES string of the molecule is CC(C(=O)C(C)(C)C)N1CCCc2ccccc21. The first-order valence-electron chi connectivity index (χ1n) is 6.80. The van der Waals surface area contributed by atoms with E-state index in [0.29, 0.717) is 5.78 Å². The molecule has 0 aromatic heterocycles. The topological polar surface area (TPSA) is 20.3 Å². The lowest BCUT2D eigenvalue weighted by molar-refractivity contribution is -0.127. The number of hydrogen-bond donors (Lipinski definition) is 0. The van der Waals surface area contributed by atoms with E-state index in [4.69, 9.17) is 0 Å². The number of aryl methyl sites for hydroxylation is 1. The Morgan fingerprint density at radius 1 is 1.28 bits per heavy atom. The van der Waals surface area contributed by atoms with Gasteiger partial charge in [0.1, 0.15) is 0 Å². The van der Waals surface area contributed by atoms with Gasteiger partial charge in [-0.2, -0.15) is 0 Å². The summed E-state index contributed by atoms with van der Waals surface area (Å²) >= 11 is 0. The van der Waals surface area contributed by atoms with Gasteiger partial charge in [0.05, 0.1) is 6.04 Å². The summed E-state index contributed by atoms with van der Waals surface area (Å²) in [6.07, 6.45) is 2.27. The number of anilines is 1. The van der Waals surface area contributed by atoms with Crippen molar-refractivity contribution < 1.29 is 4.79 Å². The number of ketones is 1. The molecule has 2 rings (SSSR count). The van der Waals surface area contributed by atoms with Gasteiger partial charge >= 0.3 is 0 Å². The first-order chi connectivity index (χ1) is 8.41. The minimum absolute atomic E-state index is 0.0357. The van der Waals surface area contributed by atoms with E-state index in [0.717, 1.165) is 19.4 Å². The van der Waals surface area contributed by atoms with E-state index >= 15 is 0 Å². The molecule has 0 fully saturated rings. The minimum Gasteiger partial charge on any atom is -0.362 e. The molecule has 1 aliphatic rings. The van der Waals surface area contributed by atoms with Gasteiger partial charge in [-0.3, -0.25) is 4.79 Å². The number of rotatable bonds is 2. The van der Waals surface area contributed by atoms with Gasteiger partial charge in [0.15, 0.2) is 5.78 Å². The third-order valence-electron chi connectivity index (χ3n) is 3.73. The maximum absolute atomic E-state index is 12.4. The number of Topliss-reactive ketones (excluding diaryl/α,β-unsaturated/α-hetero) is 1. The highest BCUT2D eigenvalue weighted by Crippen LogP contribution is 2.30. The molecule has 0 aliphatic carbocycles. The highest BCUT2D eigenvalue weighted by Gasteiger charge is 2.32. The monoisotopic (exact) mass is 245 g/mol. The lowest BCUT2D eigenvalue weighted by Crippen LogP contribution is -2.46. The Labute approximate surface area is 110 Å². The van der Waals surface area contributed by atoms with Crippen LogP contribution in [0.1, 0.15) is 39.7 Å². The fraction of sp³-hybridized carbons (Fsp3) is 0.562. The molecule has 2 heteroatoms. The van der Waals surface area contributed by atoms with Crippen molar-refractivity contribution in [2.24, 2.45) is 5.41 Å². The lowest BCUT2D eigenvalue weighted by atomic mass is 9.85. The molecule has 0 saturated carbocycles. The third kappa shape index (κ3) is 2.43. The van der Waals surface area contributed by atoms with E-state index in [-0.39, 0.29) is 11.5 Å². The van der Waals surface area contributed by atoms with Gasteiger partial charge in [0, 0.05) is 17.6 Å². The van der Waals surface area contributed by atoms with Gasteiger partial charge in [-0.1, -0.05) is 39.0 Å². The molecular formula is C16H23NO. The Morgan fingerprint density at radius 3 is 2.61 bits per heavy atom. The highest BCUT2D eigenvalue weighted by atomic mass is 16.1. The summed E-state index contributed by atoms with van der Waals surface area (Å²) < 4.78 is 0. The molecule has 0 radical (unpaired) electrons. The lowest BCUT2D eigenvalue weighted by Gasteiger charge is -2.37. The van der Waals surface area contributed by atoms with Crippen molar-refractivity contribution in [3.05, 3.63) is 29.8 Å². The van der Waals surface area contributed by atoms with Crippen LogP contribution in [0.3, 0.4) is 0 Å². The molecule has 0 N–H and O–H groups in total. The number of benzene rings is 1. The minimum atomic E-state index is -0.272. The second-order valence-corrected chi connectivity index (χ2v) is 6.22. The summed E-state index contributed by atoms with van der Waals surface area (Å²) in [5.74, 6) is 0.319. The molecule has 1 aromatic carbocycles. The number of carbonyl (C=O) groups is 1. The van der Waals surface area contributed by atoms with Gasteiger partial charge in [-0.05, 0) is 31.4 Å². The quantitative estimate of drug-likeness (QED) is 0.795. The average molecular weight is 245 g/mol. The van der Waals surface area contributed by atoms with Gasteiger partial charge < -0.3 is 4.90 Å². The summed E-state index contributed by atoms with van der Waals surface area (Å²) in [6, 6.07) is 8.42. The van der Waals surface area contributed by atoms with E-state index in [2.05, 4.69) is 29.2 Å².